The van der Waals surface area contributed by atoms with Crippen LogP contribution in [0.4, 0.5) is 17.1 Å². The first-order chi connectivity index (χ1) is 13.4. The topological polar surface area (TPSA) is 122 Å². The molecule has 1 aliphatic rings. The van der Waals surface area contributed by atoms with Crippen LogP contribution in [0, 0.1) is 16.0 Å². The molecule has 0 bridgehead atoms. The maximum Gasteiger partial charge on any atom is 0.306 e. The van der Waals surface area contributed by atoms with Gasteiger partial charge in [-0.05, 0) is 49.9 Å². The molecule has 2 aromatic rings. The summed E-state index contributed by atoms with van der Waals surface area (Å²) in [5, 5.41) is 26.3. The first kappa shape index (κ1) is 19.3. The Labute approximate surface area is 161 Å². The van der Waals surface area contributed by atoms with Gasteiger partial charge < -0.3 is 15.7 Å². The molecule has 8 nitrogen and oxygen atoms in total. The van der Waals surface area contributed by atoms with Gasteiger partial charge in [0.15, 0.2) is 0 Å². The quantitative estimate of drug-likeness (QED) is 0.516. The Balaban J connectivity index is 1.70. The van der Waals surface area contributed by atoms with Crippen molar-refractivity contribution in [1.29, 1.82) is 0 Å². The summed E-state index contributed by atoms with van der Waals surface area (Å²) in [7, 11) is 0. The molecule has 3 N–H and O–H groups in total. The first-order valence-electron chi connectivity index (χ1n) is 9.08. The van der Waals surface area contributed by atoms with Crippen molar-refractivity contribution in [2.75, 3.05) is 5.32 Å². The summed E-state index contributed by atoms with van der Waals surface area (Å²) in [6.07, 6.45) is 2.19. The number of hydrogen-bond donors (Lipinski definition) is 3. The number of carboxylic acid groups (broad SMARTS) is 1. The summed E-state index contributed by atoms with van der Waals surface area (Å²) in [6, 6.07) is 13.2. The van der Waals surface area contributed by atoms with Crippen LogP contribution in [-0.2, 0) is 4.79 Å². The van der Waals surface area contributed by atoms with Crippen molar-refractivity contribution in [2.45, 2.75) is 31.7 Å². The molecule has 0 aliphatic heterocycles. The van der Waals surface area contributed by atoms with Gasteiger partial charge in [-0.3, -0.25) is 19.7 Å². The second kappa shape index (κ2) is 8.51. The molecule has 146 valence electrons. The molecule has 28 heavy (non-hydrogen) atoms. The Hall–Kier alpha value is -3.42. The number of anilines is 2. The molecular formula is C20H21N3O5. The third-order valence-electron chi connectivity index (χ3n) is 4.92. The van der Waals surface area contributed by atoms with E-state index < -0.39 is 16.8 Å². The molecule has 3 rings (SSSR count). The highest BCUT2D eigenvalue weighted by molar-refractivity contribution is 5.96. The number of hydrogen-bond acceptors (Lipinski definition) is 5. The van der Waals surface area contributed by atoms with Gasteiger partial charge in [0.1, 0.15) is 5.69 Å². The minimum Gasteiger partial charge on any atom is -0.481 e. The second-order valence-corrected chi connectivity index (χ2v) is 6.84. The zero-order valence-corrected chi connectivity index (χ0v) is 15.1. The van der Waals surface area contributed by atoms with E-state index in [-0.39, 0.29) is 23.2 Å². The van der Waals surface area contributed by atoms with Crippen LogP contribution >= 0.6 is 0 Å². The standard InChI is InChI=1S/C20H21N3O5/c24-19(22-16-9-6-13(7-10-16)20(25)26)14-8-11-17(18(12-14)23(27)28)21-15-4-2-1-3-5-15/h1-5,8,11-13,16,21H,6-7,9-10H2,(H,22,24)(H,25,26). The van der Waals surface area contributed by atoms with Gasteiger partial charge in [0.2, 0.25) is 0 Å². The maximum atomic E-state index is 12.5. The number of carbonyl (C=O) groups is 2. The van der Waals surface area contributed by atoms with E-state index in [2.05, 4.69) is 10.6 Å². The Bertz CT molecular complexity index is 877. The lowest BCUT2D eigenvalue weighted by Gasteiger charge is -2.26. The third-order valence-corrected chi connectivity index (χ3v) is 4.92. The number of nitro benzene ring substituents is 1. The highest BCUT2D eigenvalue weighted by Gasteiger charge is 2.27. The van der Waals surface area contributed by atoms with E-state index in [1.165, 1.54) is 18.2 Å². The van der Waals surface area contributed by atoms with Crippen LogP contribution in [0.1, 0.15) is 36.0 Å². The fourth-order valence-electron chi connectivity index (χ4n) is 3.36. The molecule has 1 aliphatic carbocycles. The normalized spacial score (nSPS) is 18.9. The summed E-state index contributed by atoms with van der Waals surface area (Å²) in [5.41, 5.74) is 1.02. The van der Waals surface area contributed by atoms with Crippen molar-refractivity contribution in [3.63, 3.8) is 0 Å². The van der Waals surface area contributed by atoms with Crippen molar-refractivity contribution < 1.29 is 19.6 Å². The third kappa shape index (κ3) is 4.64. The predicted octanol–water partition coefficient (Wildman–Crippen LogP) is 3.71. The van der Waals surface area contributed by atoms with E-state index in [0.29, 0.717) is 37.1 Å². The molecule has 0 saturated heterocycles. The number of aliphatic carboxylic acids is 1. The minimum atomic E-state index is -0.804. The SMILES string of the molecule is O=C(NC1CCC(C(=O)O)CC1)c1ccc(Nc2ccccc2)c([N+](=O)[O-])c1. The van der Waals surface area contributed by atoms with Crippen LogP contribution in [0.5, 0.6) is 0 Å². The molecule has 2 aromatic carbocycles. The summed E-state index contributed by atoms with van der Waals surface area (Å²) >= 11 is 0. The number of carbonyl (C=O) groups excluding carboxylic acids is 1. The zero-order valence-electron chi connectivity index (χ0n) is 15.1. The van der Waals surface area contributed by atoms with Crippen LogP contribution in [0.25, 0.3) is 0 Å². The van der Waals surface area contributed by atoms with Crippen molar-refractivity contribution >= 4 is 28.9 Å². The van der Waals surface area contributed by atoms with Crippen LogP contribution in [0.2, 0.25) is 0 Å². The molecule has 0 unspecified atom stereocenters. The van der Waals surface area contributed by atoms with Gasteiger partial charge in [0, 0.05) is 23.4 Å². The molecule has 1 amide bonds. The lowest BCUT2D eigenvalue weighted by molar-refractivity contribution is -0.383. The van der Waals surface area contributed by atoms with E-state index in [9.17, 15) is 19.7 Å². The Morgan fingerprint density at radius 3 is 2.32 bits per heavy atom. The van der Waals surface area contributed by atoms with Crippen molar-refractivity contribution in [3.05, 3.63) is 64.2 Å². The van der Waals surface area contributed by atoms with Crippen LogP contribution < -0.4 is 10.6 Å². The monoisotopic (exact) mass is 383 g/mol. The van der Waals surface area contributed by atoms with E-state index in [0.717, 1.165) is 0 Å². The molecular weight excluding hydrogens is 362 g/mol. The molecule has 1 fully saturated rings. The number of nitrogens with zero attached hydrogens (tertiary/aromatic N) is 1. The Morgan fingerprint density at radius 2 is 1.71 bits per heavy atom. The number of amides is 1. The highest BCUT2D eigenvalue weighted by atomic mass is 16.6. The number of nitro groups is 1. The zero-order chi connectivity index (χ0) is 20.1. The van der Waals surface area contributed by atoms with Gasteiger partial charge in [0.25, 0.3) is 11.6 Å². The molecule has 1 saturated carbocycles. The first-order valence-corrected chi connectivity index (χ1v) is 9.08. The average molecular weight is 383 g/mol. The molecule has 0 heterocycles. The molecule has 0 atom stereocenters. The van der Waals surface area contributed by atoms with Gasteiger partial charge in [-0.25, -0.2) is 0 Å². The van der Waals surface area contributed by atoms with Gasteiger partial charge in [-0.15, -0.1) is 0 Å². The summed E-state index contributed by atoms with van der Waals surface area (Å²) in [6.45, 7) is 0. The van der Waals surface area contributed by atoms with Gasteiger partial charge in [-0.2, -0.15) is 0 Å². The number of nitrogens with one attached hydrogen (secondary N) is 2. The van der Waals surface area contributed by atoms with E-state index >= 15 is 0 Å². The van der Waals surface area contributed by atoms with Gasteiger partial charge >= 0.3 is 5.97 Å². The number of carboxylic acids is 1. The fraction of sp³-hybridized carbons (Fsp3) is 0.300. The van der Waals surface area contributed by atoms with Crippen LogP contribution in [-0.4, -0.2) is 27.9 Å². The molecule has 0 spiro atoms. The lowest BCUT2D eigenvalue weighted by Crippen LogP contribution is -2.38. The van der Waals surface area contributed by atoms with E-state index in [4.69, 9.17) is 5.11 Å². The maximum absolute atomic E-state index is 12.5. The molecule has 0 aromatic heterocycles. The number of para-hydroxylation sites is 1. The average Bonchev–Trinajstić information content (AvgIpc) is 2.69. The smallest absolute Gasteiger partial charge is 0.306 e. The minimum absolute atomic E-state index is 0.121. The summed E-state index contributed by atoms with van der Waals surface area (Å²) in [4.78, 5) is 34.4. The van der Waals surface area contributed by atoms with E-state index in [1.54, 1.807) is 12.1 Å². The van der Waals surface area contributed by atoms with Gasteiger partial charge in [-0.1, -0.05) is 18.2 Å². The Morgan fingerprint density at radius 1 is 1.04 bits per heavy atom. The number of rotatable bonds is 6. The van der Waals surface area contributed by atoms with Crippen molar-refractivity contribution in [2.24, 2.45) is 5.92 Å². The molecule has 0 radical (unpaired) electrons. The van der Waals surface area contributed by atoms with Crippen LogP contribution in [0.3, 0.4) is 0 Å². The highest BCUT2D eigenvalue weighted by Crippen LogP contribution is 2.29. The van der Waals surface area contributed by atoms with Crippen LogP contribution in [0.15, 0.2) is 48.5 Å². The second-order valence-electron chi connectivity index (χ2n) is 6.84. The Kier molecular flexibility index (Phi) is 5.88. The fourth-order valence-corrected chi connectivity index (χ4v) is 3.36. The van der Waals surface area contributed by atoms with Crippen molar-refractivity contribution in [3.8, 4) is 0 Å². The lowest BCUT2D eigenvalue weighted by atomic mass is 9.86. The molecule has 8 heteroatoms. The summed E-state index contributed by atoms with van der Waals surface area (Å²) < 4.78 is 0. The predicted molar refractivity (Wildman–Crippen MR) is 104 cm³/mol. The van der Waals surface area contributed by atoms with Gasteiger partial charge in [0.05, 0.1) is 10.8 Å². The van der Waals surface area contributed by atoms with Crippen molar-refractivity contribution in [1.82, 2.24) is 5.32 Å². The summed E-state index contributed by atoms with van der Waals surface area (Å²) in [5.74, 6) is -1.56. The van der Waals surface area contributed by atoms with E-state index in [1.807, 2.05) is 18.2 Å². The largest absolute Gasteiger partial charge is 0.481 e. The number of benzene rings is 2.